The van der Waals surface area contributed by atoms with Gasteiger partial charge in [0.1, 0.15) is 24.3 Å². The number of hydrogen-bond acceptors (Lipinski definition) is 11. The van der Waals surface area contributed by atoms with Crippen LogP contribution < -0.4 is 10.6 Å². The summed E-state index contributed by atoms with van der Waals surface area (Å²) in [6.07, 6.45) is 9.15. The van der Waals surface area contributed by atoms with Gasteiger partial charge in [0.05, 0.1) is 34.0 Å². The highest BCUT2D eigenvalue weighted by Crippen LogP contribution is 2.26. The van der Waals surface area contributed by atoms with Crippen LogP contribution in [0, 0.1) is 11.6 Å². The van der Waals surface area contributed by atoms with Gasteiger partial charge in [0.25, 0.3) is 11.8 Å². The second kappa shape index (κ2) is 14.8. The average molecular weight is 729 g/mol. The van der Waals surface area contributed by atoms with Gasteiger partial charge in [-0.1, -0.05) is 0 Å². The first-order valence-electron chi connectivity index (χ1n) is 14.7. The molecule has 20 heteroatoms. The lowest BCUT2D eigenvalue weighted by Gasteiger charge is -2.13. The lowest BCUT2D eigenvalue weighted by Crippen LogP contribution is -2.18. The van der Waals surface area contributed by atoms with Crippen molar-refractivity contribution in [2.24, 2.45) is 0 Å². The number of benzene rings is 2. The van der Waals surface area contributed by atoms with E-state index in [1.54, 1.807) is 12.4 Å². The fourth-order valence-corrected chi connectivity index (χ4v) is 5.98. The molecule has 0 radical (unpaired) electrons. The Morgan fingerprint density at radius 2 is 1.08 bits per heavy atom. The molecular formula is C32H22F2N10O7S. The molecule has 262 valence electrons. The van der Waals surface area contributed by atoms with Gasteiger partial charge in [0, 0.05) is 46.7 Å². The molecule has 0 aliphatic carbocycles. The van der Waals surface area contributed by atoms with Gasteiger partial charge in [0.2, 0.25) is 0 Å². The summed E-state index contributed by atoms with van der Waals surface area (Å²) >= 11 is 0. The van der Waals surface area contributed by atoms with Crippen LogP contribution >= 0.6 is 0 Å². The second-order valence-corrected chi connectivity index (χ2v) is 12.2. The third-order valence-electron chi connectivity index (χ3n) is 7.27. The van der Waals surface area contributed by atoms with Gasteiger partial charge in [-0.2, -0.15) is 0 Å². The van der Waals surface area contributed by atoms with E-state index in [9.17, 15) is 33.6 Å². The highest BCUT2D eigenvalue weighted by atomic mass is 32.2. The molecule has 0 atom stereocenters. The van der Waals surface area contributed by atoms with E-state index in [4.69, 9.17) is 0 Å². The molecule has 17 nitrogen and oxygen atoms in total. The SMILES string of the molecule is O=C(Nc1cc(CS(=O)Cc2cc(NC(=O)c3ccc(-n4ccnc4)nn3)c(C(=O)O)cc2F)c(F)cc1C(=O)O)c1ccc(-n2ccnc2)nn1. The monoisotopic (exact) mass is 728 g/mol. The highest BCUT2D eigenvalue weighted by Gasteiger charge is 2.22. The largest absolute Gasteiger partial charge is 0.478 e. The number of halogens is 2. The number of carboxylic acid groups (broad SMARTS) is 2. The quantitative estimate of drug-likeness (QED) is 0.142. The molecule has 52 heavy (non-hydrogen) atoms. The van der Waals surface area contributed by atoms with Crippen molar-refractivity contribution < 1.29 is 42.4 Å². The van der Waals surface area contributed by atoms with E-state index in [2.05, 4.69) is 41.0 Å². The molecule has 0 bridgehead atoms. The summed E-state index contributed by atoms with van der Waals surface area (Å²) in [5, 5.41) is 39.5. The first-order valence-corrected chi connectivity index (χ1v) is 16.2. The van der Waals surface area contributed by atoms with Crippen molar-refractivity contribution in [3.05, 3.63) is 131 Å². The van der Waals surface area contributed by atoms with Crippen LogP contribution in [0.15, 0.2) is 86.0 Å². The Bertz CT molecular complexity index is 2180. The molecule has 6 rings (SSSR count). The number of aromatic carboxylic acids is 2. The zero-order valence-electron chi connectivity index (χ0n) is 26.2. The first kappa shape index (κ1) is 34.8. The Labute approximate surface area is 292 Å². The number of rotatable bonds is 12. The van der Waals surface area contributed by atoms with Gasteiger partial charge >= 0.3 is 11.9 Å². The number of nitrogens with zero attached hydrogens (tertiary/aromatic N) is 8. The third kappa shape index (κ3) is 7.70. The molecule has 4 heterocycles. The number of nitrogens with one attached hydrogen (secondary N) is 2. The molecule has 4 N–H and O–H groups in total. The molecule has 0 aliphatic rings. The molecule has 0 unspecified atom stereocenters. The van der Waals surface area contributed by atoms with Crippen molar-refractivity contribution in [2.45, 2.75) is 11.5 Å². The van der Waals surface area contributed by atoms with Crippen LogP contribution in [0.1, 0.15) is 52.8 Å². The maximum Gasteiger partial charge on any atom is 0.337 e. The predicted molar refractivity (Wildman–Crippen MR) is 176 cm³/mol. The van der Waals surface area contributed by atoms with Crippen LogP contribution in [-0.2, 0) is 22.3 Å². The van der Waals surface area contributed by atoms with E-state index in [0.29, 0.717) is 23.8 Å². The second-order valence-electron chi connectivity index (χ2n) is 10.7. The smallest absolute Gasteiger partial charge is 0.337 e. The van der Waals surface area contributed by atoms with E-state index >= 15 is 8.78 Å². The lowest BCUT2D eigenvalue weighted by molar-refractivity contribution is 0.0686. The normalized spacial score (nSPS) is 11.0. The van der Waals surface area contributed by atoms with Crippen LogP contribution in [0.3, 0.4) is 0 Å². The van der Waals surface area contributed by atoms with Crippen molar-refractivity contribution in [3.63, 3.8) is 0 Å². The topological polar surface area (TPSA) is 237 Å². The molecule has 0 aliphatic heterocycles. The highest BCUT2D eigenvalue weighted by molar-refractivity contribution is 7.83. The zero-order chi connectivity index (χ0) is 36.9. The van der Waals surface area contributed by atoms with E-state index in [0.717, 1.165) is 12.1 Å². The Morgan fingerprint density at radius 3 is 1.40 bits per heavy atom. The summed E-state index contributed by atoms with van der Waals surface area (Å²) in [5.74, 6) is -7.47. The van der Waals surface area contributed by atoms with Crippen molar-refractivity contribution in [1.82, 2.24) is 39.5 Å². The van der Waals surface area contributed by atoms with Crippen LogP contribution in [0.25, 0.3) is 11.6 Å². The summed E-state index contributed by atoms with van der Waals surface area (Å²) in [7, 11) is -2.09. The number of carboxylic acids is 2. The van der Waals surface area contributed by atoms with Gasteiger partial charge in [-0.05, 0) is 48.5 Å². The number of anilines is 2. The molecule has 2 amide bonds. The fraction of sp³-hybridized carbons (Fsp3) is 0.0625. The minimum atomic E-state index is -2.09. The Hall–Kier alpha value is -7.09. The fourth-order valence-electron chi connectivity index (χ4n) is 4.75. The van der Waals surface area contributed by atoms with Gasteiger partial charge in [0.15, 0.2) is 23.0 Å². The lowest BCUT2D eigenvalue weighted by atomic mass is 10.1. The van der Waals surface area contributed by atoms with Crippen molar-refractivity contribution in [3.8, 4) is 11.6 Å². The van der Waals surface area contributed by atoms with Crippen molar-refractivity contribution in [1.29, 1.82) is 0 Å². The first-order chi connectivity index (χ1) is 25.0. The van der Waals surface area contributed by atoms with Gasteiger partial charge in [-0.15, -0.1) is 20.4 Å². The van der Waals surface area contributed by atoms with Gasteiger partial charge in [-0.25, -0.2) is 28.3 Å². The van der Waals surface area contributed by atoms with E-state index < -0.39 is 68.8 Å². The number of imidazole rings is 2. The van der Waals surface area contributed by atoms with E-state index in [1.165, 1.54) is 58.4 Å². The molecule has 0 saturated heterocycles. The zero-order valence-corrected chi connectivity index (χ0v) is 27.0. The third-order valence-corrected chi connectivity index (χ3v) is 8.53. The van der Waals surface area contributed by atoms with Crippen LogP contribution in [0.2, 0.25) is 0 Å². The minimum Gasteiger partial charge on any atom is -0.478 e. The molecule has 0 fully saturated rings. The van der Waals surface area contributed by atoms with Crippen LogP contribution in [-0.4, -0.2) is 77.7 Å². The summed E-state index contributed by atoms with van der Waals surface area (Å²) < 4.78 is 46.4. The van der Waals surface area contributed by atoms with Crippen LogP contribution in [0.4, 0.5) is 20.2 Å². The predicted octanol–water partition coefficient (Wildman–Crippen LogP) is 3.27. The molecule has 2 aromatic carbocycles. The van der Waals surface area contributed by atoms with Crippen molar-refractivity contribution >= 4 is 45.9 Å². The average Bonchev–Trinajstić information content (AvgIpc) is 3.87. The standard InChI is InChI=1S/C32H22F2N10O7S/c33-21-11-19(31(47)48)25(37-29(45)23-1-3-27(41-39-23)43-7-5-35-15-43)9-17(21)13-52(51)14-18-10-26(20(32(49)50)12-22(18)34)38-30(46)24-2-4-28(42-40-24)44-8-6-36-16-44/h1-12,15-16H,13-14H2,(H,37,45)(H,38,46)(H,47,48)(H,49,50). The number of carbonyl (C=O) groups is 4. The Kier molecular flexibility index (Phi) is 9.89. The minimum absolute atomic E-state index is 0.198. The Morgan fingerprint density at radius 1 is 0.654 bits per heavy atom. The number of hydrogen-bond donors (Lipinski definition) is 4. The molecular weight excluding hydrogens is 706 g/mol. The molecule has 0 saturated carbocycles. The Balaban J connectivity index is 1.19. The maximum atomic E-state index is 15.1. The molecule has 4 aromatic heterocycles. The summed E-state index contributed by atoms with van der Waals surface area (Å²) in [6, 6.07) is 8.82. The van der Waals surface area contributed by atoms with Gasteiger partial charge in [-0.3, -0.25) is 22.9 Å². The molecule has 0 spiro atoms. The van der Waals surface area contributed by atoms with E-state index in [1.807, 2.05) is 0 Å². The summed E-state index contributed by atoms with van der Waals surface area (Å²) in [4.78, 5) is 57.4. The number of carbonyl (C=O) groups excluding carboxylic acids is 2. The molecule has 6 aromatic rings. The summed E-state index contributed by atoms with van der Waals surface area (Å²) in [6.45, 7) is 0. The van der Waals surface area contributed by atoms with Gasteiger partial charge < -0.3 is 20.8 Å². The van der Waals surface area contributed by atoms with Crippen molar-refractivity contribution in [2.75, 3.05) is 10.6 Å². The van der Waals surface area contributed by atoms with E-state index in [-0.39, 0.29) is 33.9 Å². The van der Waals surface area contributed by atoms with Crippen LogP contribution in [0.5, 0.6) is 0 Å². The summed E-state index contributed by atoms with van der Waals surface area (Å²) in [5.41, 5.74) is -2.86. The number of aromatic nitrogens is 8. The number of amides is 2. The maximum absolute atomic E-state index is 15.1.